The Morgan fingerprint density at radius 3 is 2.61 bits per heavy atom. The minimum absolute atomic E-state index is 0.124. The molecule has 2 unspecified atom stereocenters. The minimum atomic E-state index is -1.30. The molecule has 3 aliphatic heterocycles. The van der Waals surface area contributed by atoms with E-state index in [0.717, 1.165) is 55.9 Å². The molecule has 1 aromatic heterocycles. The fraction of sp³-hybridized carbons (Fsp3) is 0.364. The van der Waals surface area contributed by atoms with Gasteiger partial charge in [-0.3, -0.25) is 15.1 Å². The molecule has 2 atom stereocenters. The highest BCUT2D eigenvalue weighted by Gasteiger charge is 2.43. The first-order valence-corrected chi connectivity index (χ1v) is 15.7. The summed E-state index contributed by atoms with van der Waals surface area (Å²) in [5, 5.41) is 0.312. The summed E-state index contributed by atoms with van der Waals surface area (Å²) < 4.78 is 35.3. The third kappa shape index (κ3) is 5.83. The van der Waals surface area contributed by atoms with E-state index in [9.17, 15) is 14.0 Å². The number of nitrogens with zero attached hydrogens (tertiary/aromatic N) is 3. The number of amides is 3. The number of aromatic nitrogens is 2. The molecule has 11 nitrogen and oxygen atoms in total. The van der Waals surface area contributed by atoms with Gasteiger partial charge < -0.3 is 24.5 Å². The summed E-state index contributed by atoms with van der Waals surface area (Å²) in [4.78, 5) is 30.8. The number of hydrogen-bond acceptors (Lipinski definition) is 7. The average molecular weight is 649 g/mol. The summed E-state index contributed by atoms with van der Waals surface area (Å²) in [7, 11) is 0. The monoisotopic (exact) mass is 648 g/mol. The van der Waals surface area contributed by atoms with Crippen molar-refractivity contribution < 1.29 is 28.2 Å². The number of urea groups is 1. The number of ether oxygens (including phenoxy) is 3. The van der Waals surface area contributed by atoms with Gasteiger partial charge in [0, 0.05) is 29.7 Å². The van der Waals surface area contributed by atoms with Crippen LogP contribution in [-0.2, 0) is 23.6 Å². The van der Waals surface area contributed by atoms with Crippen LogP contribution in [0.5, 0.6) is 11.5 Å². The summed E-state index contributed by atoms with van der Waals surface area (Å²) in [6, 6.07) is 14.8. The summed E-state index contributed by atoms with van der Waals surface area (Å²) >= 11 is 5.98. The van der Waals surface area contributed by atoms with Crippen LogP contribution in [0.15, 0.2) is 54.6 Å². The van der Waals surface area contributed by atoms with Crippen LogP contribution in [0.1, 0.15) is 59.4 Å². The van der Waals surface area contributed by atoms with Crippen LogP contribution >= 0.6 is 11.6 Å². The Morgan fingerprint density at radius 2 is 1.89 bits per heavy atom. The standard InChI is InChI=1S/C33H34ClFN6O5/c1-33(24-7-6-21(34)16-25(24)35)45-28-4-2-3-23(30(28)46-33)19-9-12-40(13-10-19)18-29-37-26-15-20(31(42)38-39-32(36)43)5-8-27(26)41(29)17-22-11-14-44-22/h2-8,15-16,19,22H,9-14,17-18H2,1H3,(H,38,42)(H3,36,39,43). The van der Waals surface area contributed by atoms with Crippen molar-refractivity contribution in [2.45, 2.75) is 57.1 Å². The first-order chi connectivity index (χ1) is 22.2. The predicted molar refractivity (Wildman–Crippen MR) is 168 cm³/mol. The SMILES string of the molecule is CC1(c2ccc(Cl)cc2F)Oc2cccc(C3CCN(Cc4nc5cc(C(=O)NNC(N)=O)ccc5n4CC4CCO4)CC3)c2O1. The largest absolute Gasteiger partial charge is 0.444 e. The molecule has 0 spiro atoms. The number of halogens is 2. The fourth-order valence-electron chi connectivity index (χ4n) is 6.51. The summed E-state index contributed by atoms with van der Waals surface area (Å²) in [5.74, 6) is 0.136. The topological polar surface area (TPSA) is 133 Å². The number of imidazole rings is 1. The number of para-hydroxylation sites is 1. The Balaban J connectivity index is 1.06. The van der Waals surface area contributed by atoms with Crippen LogP contribution in [0.25, 0.3) is 11.0 Å². The second kappa shape index (κ2) is 12.1. The van der Waals surface area contributed by atoms with Gasteiger partial charge in [-0.05, 0) is 80.7 Å². The van der Waals surface area contributed by atoms with E-state index < -0.39 is 23.5 Å². The molecule has 0 radical (unpaired) electrons. The molecule has 7 rings (SSSR count). The molecule has 0 bridgehead atoms. The van der Waals surface area contributed by atoms with Gasteiger partial charge in [-0.15, -0.1) is 0 Å². The lowest BCUT2D eigenvalue weighted by Crippen LogP contribution is -2.44. The molecule has 240 valence electrons. The van der Waals surface area contributed by atoms with E-state index in [2.05, 4.69) is 26.4 Å². The van der Waals surface area contributed by atoms with Gasteiger partial charge in [-0.1, -0.05) is 23.7 Å². The lowest BCUT2D eigenvalue weighted by Gasteiger charge is -2.33. The van der Waals surface area contributed by atoms with Crippen LogP contribution in [0.2, 0.25) is 5.02 Å². The number of carbonyl (C=O) groups is 2. The number of piperidine rings is 1. The highest BCUT2D eigenvalue weighted by Crippen LogP contribution is 2.50. The molecule has 13 heteroatoms. The van der Waals surface area contributed by atoms with Crippen molar-refractivity contribution in [2.75, 3.05) is 19.7 Å². The van der Waals surface area contributed by atoms with Gasteiger partial charge in [0.15, 0.2) is 11.5 Å². The number of rotatable bonds is 7. The Kier molecular flexibility index (Phi) is 7.95. The molecule has 0 saturated carbocycles. The van der Waals surface area contributed by atoms with Gasteiger partial charge in [-0.2, -0.15) is 0 Å². The van der Waals surface area contributed by atoms with Gasteiger partial charge in [0.2, 0.25) is 0 Å². The van der Waals surface area contributed by atoms with Crippen LogP contribution in [0.3, 0.4) is 0 Å². The number of hydrogen-bond donors (Lipinski definition) is 3. The zero-order valence-corrected chi connectivity index (χ0v) is 26.0. The molecule has 46 heavy (non-hydrogen) atoms. The lowest BCUT2D eigenvalue weighted by molar-refractivity contribution is -0.0712. The number of carbonyl (C=O) groups excluding carboxylic acids is 2. The number of nitrogens with two attached hydrogens (primary N) is 1. The molecule has 3 aromatic carbocycles. The molecule has 2 saturated heterocycles. The first-order valence-electron chi connectivity index (χ1n) is 15.3. The molecule has 4 aromatic rings. The number of fused-ring (bicyclic) bond motifs is 2. The van der Waals surface area contributed by atoms with Crippen molar-refractivity contribution in [3.63, 3.8) is 0 Å². The van der Waals surface area contributed by atoms with E-state index in [0.29, 0.717) is 46.3 Å². The Bertz CT molecular complexity index is 1820. The van der Waals surface area contributed by atoms with Gasteiger partial charge in [-0.25, -0.2) is 19.6 Å². The number of hydrazine groups is 1. The van der Waals surface area contributed by atoms with Gasteiger partial charge in [0.1, 0.15) is 11.6 Å². The van der Waals surface area contributed by atoms with E-state index in [-0.39, 0.29) is 12.0 Å². The third-order valence-electron chi connectivity index (χ3n) is 8.99. The lowest BCUT2D eigenvalue weighted by atomic mass is 9.88. The van der Waals surface area contributed by atoms with E-state index in [4.69, 9.17) is 36.5 Å². The van der Waals surface area contributed by atoms with E-state index in [1.165, 1.54) is 6.07 Å². The maximum absolute atomic E-state index is 14.9. The molecule has 3 aliphatic rings. The smallest absolute Gasteiger partial charge is 0.330 e. The van der Waals surface area contributed by atoms with Gasteiger partial charge >= 0.3 is 6.03 Å². The quantitative estimate of drug-likeness (QED) is 0.242. The molecule has 2 fully saturated rings. The molecule has 4 heterocycles. The maximum atomic E-state index is 14.9. The first kappa shape index (κ1) is 30.3. The van der Waals surface area contributed by atoms with Crippen molar-refractivity contribution in [3.05, 3.63) is 88.0 Å². The van der Waals surface area contributed by atoms with E-state index in [1.807, 2.05) is 18.2 Å². The summed E-state index contributed by atoms with van der Waals surface area (Å²) in [6.45, 7) is 5.47. The van der Waals surface area contributed by atoms with E-state index >= 15 is 0 Å². The van der Waals surface area contributed by atoms with Crippen molar-refractivity contribution >= 4 is 34.6 Å². The number of nitrogens with one attached hydrogen (secondary N) is 2. The van der Waals surface area contributed by atoms with Crippen LogP contribution in [0, 0.1) is 5.82 Å². The normalized spacial score (nSPS) is 21.2. The van der Waals surface area contributed by atoms with Crippen molar-refractivity contribution in [2.24, 2.45) is 5.73 Å². The second-order valence-corrected chi connectivity index (χ2v) is 12.5. The Hall–Kier alpha value is -4.39. The molecular weight excluding hydrogens is 615 g/mol. The van der Waals surface area contributed by atoms with Crippen LogP contribution in [0.4, 0.5) is 9.18 Å². The average Bonchev–Trinajstić information content (AvgIpc) is 3.54. The van der Waals surface area contributed by atoms with Gasteiger partial charge in [0.05, 0.1) is 35.8 Å². The molecule has 0 aliphatic carbocycles. The highest BCUT2D eigenvalue weighted by molar-refractivity contribution is 6.30. The Labute approximate surface area is 269 Å². The molecular formula is C33H34ClFN6O5. The van der Waals surface area contributed by atoms with Crippen LogP contribution < -0.4 is 26.1 Å². The predicted octanol–water partition coefficient (Wildman–Crippen LogP) is 4.95. The molecule has 3 amide bonds. The second-order valence-electron chi connectivity index (χ2n) is 12.1. The summed E-state index contributed by atoms with van der Waals surface area (Å²) in [6.07, 6.45) is 2.91. The number of primary amides is 1. The summed E-state index contributed by atoms with van der Waals surface area (Å²) in [5.41, 5.74) is 12.8. The fourth-order valence-corrected chi connectivity index (χ4v) is 6.67. The van der Waals surface area contributed by atoms with Crippen molar-refractivity contribution in [1.82, 2.24) is 25.3 Å². The number of likely N-dealkylation sites (tertiary alicyclic amines) is 1. The van der Waals surface area contributed by atoms with Gasteiger partial charge in [0.25, 0.3) is 11.7 Å². The Morgan fingerprint density at radius 1 is 1.09 bits per heavy atom. The molecule has 4 N–H and O–H groups in total. The minimum Gasteiger partial charge on any atom is -0.444 e. The number of benzene rings is 3. The zero-order chi connectivity index (χ0) is 32.0. The van der Waals surface area contributed by atoms with Crippen molar-refractivity contribution in [1.29, 1.82) is 0 Å². The van der Waals surface area contributed by atoms with Crippen molar-refractivity contribution in [3.8, 4) is 11.5 Å². The van der Waals surface area contributed by atoms with Crippen LogP contribution in [-0.4, -0.2) is 52.2 Å². The zero-order valence-electron chi connectivity index (χ0n) is 25.2. The third-order valence-corrected chi connectivity index (χ3v) is 9.23. The highest BCUT2D eigenvalue weighted by atomic mass is 35.5. The van der Waals surface area contributed by atoms with E-state index in [1.54, 1.807) is 31.2 Å². The maximum Gasteiger partial charge on any atom is 0.330 e.